The van der Waals surface area contributed by atoms with Gasteiger partial charge < -0.3 is 15.7 Å². The molecule has 150 valence electrons. The van der Waals surface area contributed by atoms with Gasteiger partial charge in [-0.1, -0.05) is 11.6 Å². The van der Waals surface area contributed by atoms with Crippen molar-refractivity contribution >= 4 is 62.9 Å². The van der Waals surface area contributed by atoms with Crippen LogP contribution in [0.15, 0.2) is 21.3 Å². The second-order valence-electron chi connectivity index (χ2n) is 5.87. The van der Waals surface area contributed by atoms with Crippen LogP contribution in [0.5, 0.6) is 0 Å². The van der Waals surface area contributed by atoms with E-state index in [1.165, 1.54) is 6.07 Å². The highest BCUT2D eigenvalue weighted by atomic mass is 127. The molecule has 0 saturated heterocycles. The van der Waals surface area contributed by atoms with Crippen molar-refractivity contribution in [3.63, 3.8) is 0 Å². The molecular formula is C15H26ClIN4O3S2. The summed E-state index contributed by atoms with van der Waals surface area (Å²) in [6.45, 7) is 3.23. The number of aliphatic hydroxyl groups is 1. The SMILES string of the molecule is CCNC(=NCCNS(=O)(=O)c1ccc(Cl)s1)NC1CCC(O)CC1.I. The first-order valence-corrected chi connectivity index (χ1v) is 11.1. The van der Waals surface area contributed by atoms with E-state index in [1.54, 1.807) is 6.07 Å². The quantitative estimate of drug-likeness (QED) is 0.185. The Morgan fingerprint density at radius 1 is 1.35 bits per heavy atom. The highest BCUT2D eigenvalue weighted by molar-refractivity contribution is 14.0. The van der Waals surface area contributed by atoms with Gasteiger partial charge in [-0.25, -0.2) is 13.1 Å². The van der Waals surface area contributed by atoms with Crippen LogP contribution < -0.4 is 15.4 Å². The van der Waals surface area contributed by atoms with Crippen molar-refractivity contribution in [1.29, 1.82) is 0 Å². The number of thiophene rings is 1. The van der Waals surface area contributed by atoms with Crippen LogP contribution in [-0.4, -0.2) is 51.3 Å². The number of hydrogen-bond acceptors (Lipinski definition) is 5. The lowest BCUT2D eigenvalue weighted by Gasteiger charge is -2.27. The molecule has 11 heteroatoms. The molecule has 0 atom stereocenters. The Morgan fingerprint density at radius 3 is 2.62 bits per heavy atom. The number of guanidine groups is 1. The fraction of sp³-hybridized carbons (Fsp3) is 0.667. The first kappa shape index (κ1) is 23.9. The van der Waals surface area contributed by atoms with E-state index in [0.29, 0.717) is 16.8 Å². The molecule has 26 heavy (non-hydrogen) atoms. The Bertz CT molecular complexity index is 676. The normalized spacial score (nSPS) is 21.1. The van der Waals surface area contributed by atoms with Gasteiger partial charge >= 0.3 is 0 Å². The molecule has 0 unspecified atom stereocenters. The molecule has 1 heterocycles. The van der Waals surface area contributed by atoms with Crippen LogP contribution in [0, 0.1) is 0 Å². The molecule has 7 nitrogen and oxygen atoms in total. The Balaban J connectivity index is 0.00000338. The van der Waals surface area contributed by atoms with Crippen LogP contribution in [0.3, 0.4) is 0 Å². The molecule has 0 aromatic carbocycles. The van der Waals surface area contributed by atoms with E-state index in [1.807, 2.05) is 6.92 Å². The van der Waals surface area contributed by atoms with Crippen LogP contribution in [0.2, 0.25) is 4.34 Å². The molecule has 0 aliphatic heterocycles. The number of nitrogens with one attached hydrogen (secondary N) is 3. The van der Waals surface area contributed by atoms with Crippen LogP contribution in [-0.2, 0) is 10.0 Å². The molecule has 1 saturated carbocycles. The minimum Gasteiger partial charge on any atom is -0.393 e. The number of rotatable bonds is 7. The van der Waals surface area contributed by atoms with Crippen LogP contribution in [0.25, 0.3) is 0 Å². The summed E-state index contributed by atoms with van der Waals surface area (Å²) >= 11 is 6.80. The first-order chi connectivity index (χ1) is 11.9. The van der Waals surface area contributed by atoms with Crippen LogP contribution >= 0.6 is 46.9 Å². The summed E-state index contributed by atoms with van der Waals surface area (Å²) in [5.74, 6) is 0.669. The largest absolute Gasteiger partial charge is 0.393 e. The zero-order valence-electron chi connectivity index (χ0n) is 14.6. The van der Waals surface area contributed by atoms with Gasteiger partial charge in [0.15, 0.2) is 5.96 Å². The first-order valence-electron chi connectivity index (χ1n) is 8.38. The Hall–Kier alpha value is -0.140. The maximum atomic E-state index is 12.1. The molecule has 0 bridgehead atoms. The maximum Gasteiger partial charge on any atom is 0.250 e. The zero-order valence-corrected chi connectivity index (χ0v) is 19.3. The summed E-state index contributed by atoms with van der Waals surface area (Å²) in [6, 6.07) is 3.33. The molecule has 0 radical (unpaired) electrons. The highest BCUT2D eigenvalue weighted by Crippen LogP contribution is 2.25. The lowest BCUT2D eigenvalue weighted by Crippen LogP contribution is -2.45. The number of nitrogens with zero attached hydrogens (tertiary/aromatic N) is 1. The summed E-state index contributed by atoms with van der Waals surface area (Å²) in [7, 11) is -3.54. The molecule has 4 N–H and O–H groups in total. The average molecular weight is 537 g/mol. The molecular weight excluding hydrogens is 511 g/mol. The Morgan fingerprint density at radius 2 is 2.04 bits per heavy atom. The van der Waals surface area contributed by atoms with Crippen molar-refractivity contribution in [2.24, 2.45) is 4.99 Å². The van der Waals surface area contributed by atoms with Gasteiger partial charge in [0.25, 0.3) is 0 Å². The minimum absolute atomic E-state index is 0. The standard InChI is InChI=1S/C15H25ClN4O3S2.HI/c1-2-17-15(20-11-3-5-12(21)6-4-11)18-9-10-19-25(22,23)14-8-7-13(16)24-14;/h7-8,11-12,19,21H,2-6,9-10H2,1H3,(H2,17,18,20);1H. The van der Waals surface area contributed by atoms with E-state index in [-0.39, 0.29) is 46.9 Å². The Kier molecular flexibility index (Phi) is 10.7. The molecule has 0 amide bonds. The summed E-state index contributed by atoms with van der Waals surface area (Å²) < 4.78 is 27.4. The summed E-state index contributed by atoms with van der Waals surface area (Å²) in [6.07, 6.45) is 3.19. The molecule has 2 rings (SSSR count). The van der Waals surface area contributed by atoms with E-state index in [4.69, 9.17) is 11.6 Å². The fourth-order valence-corrected chi connectivity index (χ4v) is 5.14. The topological polar surface area (TPSA) is 103 Å². The fourth-order valence-electron chi connectivity index (χ4n) is 2.59. The predicted octanol–water partition coefficient (Wildman–Crippen LogP) is 2.16. The maximum absolute atomic E-state index is 12.1. The molecule has 1 aliphatic carbocycles. The molecule has 1 aliphatic rings. The second kappa shape index (κ2) is 11.6. The number of aliphatic imine (C=N–C) groups is 1. The average Bonchev–Trinajstić information content (AvgIpc) is 3.01. The van der Waals surface area contributed by atoms with E-state index in [9.17, 15) is 13.5 Å². The molecule has 0 spiro atoms. The highest BCUT2D eigenvalue weighted by Gasteiger charge is 2.20. The summed E-state index contributed by atoms with van der Waals surface area (Å²) in [5, 5.41) is 16.1. The van der Waals surface area contributed by atoms with Gasteiger partial charge in [-0.3, -0.25) is 4.99 Å². The third kappa shape index (κ3) is 7.85. The Labute approximate surface area is 181 Å². The lowest BCUT2D eigenvalue weighted by molar-refractivity contribution is 0.120. The number of aliphatic hydroxyl groups excluding tert-OH is 1. The third-order valence-electron chi connectivity index (χ3n) is 3.87. The molecule has 1 fully saturated rings. The lowest BCUT2D eigenvalue weighted by atomic mass is 9.93. The van der Waals surface area contributed by atoms with E-state index >= 15 is 0 Å². The number of sulfonamides is 1. The van der Waals surface area contributed by atoms with E-state index < -0.39 is 10.0 Å². The van der Waals surface area contributed by atoms with Gasteiger partial charge in [-0.2, -0.15) is 0 Å². The smallest absolute Gasteiger partial charge is 0.250 e. The van der Waals surface area contributed by atoms with Crippen LogP contribution in [0.1, 0.15) is 32.6 Å². The molecule has 1 aromatic rings. The zero-order chi connectivity index (χ0) is 18.3. The van der Waals surface area contributed by atoms with Crippen molar-refractivity contribution in [2.45, 2.75) is 49.0 Å². The monoisotopic (exact) mass is 536 g/mol. The minimum atomic E-state index is -3.54. The molecule has 1 aromatic heterocycles. The van der Waals surface area contributed by atoms with Crippen molar-refractivity contribution in [3.8, 4) is 0 Å². The van der Waals surface area contributed by atoms with E-state index in [2.05, 4.69) is 20.3 Å². The van der Waals surface area contributed by atoms with E-state index in [0.717, 1.165) is 43.6 Å². The van der Waals surface area contributed by atoms with Crippen molar-refractivity contribution < 1.29 is 13.5 Å². The summed E-state index contributed by atoms with van der Waals surface area (Å²) in [4.78, 5) is 4.41. The van der Waals surface area contributed by atoms with Crippen molar-refractivity contribution in [1.82, 2.24) is 15.4 Å². The second-order valence-corrected chi connectivity index (χ2v) is 9.58. The van der Waals surface area contributed by atoms with Gasteiger partial charge in [0.05, 0.1) is 17.0 Å². The predicted molar refractivity (Wildman–Crippen MR) is 117 cm³/mol. The van der Waals surface area contributed by atoms with Crippen molar-refractivity contribution in [3.05, 3.63) is 16.5 Å². The van der Waals surface area contributed by atoms with Gasteiger partial charge in [0.2, 0.25) is 10.0 Å². The van der Waals surface area contributed by atoms with Gasteiger partial charge in [0.1, 0.15) is 4.21 Å². The van der Waals surface area contributed by atoms with Gasteiger partial charge in [-0.05, 0) is 44.7 Å². The van der Waals surface area contributed by atoms with Crippen molar-refractivity contribution in [2.75, 3.05) is 19.6 Å². The number of hydrogen-bond donors (Lipinski definition) is 4. The summed E-state index contributed by atoms with van der Waals surface area (Å²) in [5.41, 5.74) is 0. The van der Waals surface area contributed by atoms with Crippen LogP contribution in [0.4, 0.5) is 0 Å². The third-order valence-corrected chi connectivity index (χ3v) is 7.05. The van der Waals surface area contributed by atoms with Gasteiger partial charge in [-0.15, -0.1) is 35.3 Å². The van der Waals surface area contributed by atoms with Gasteiger partial charge in [0, 0.05) is 19.1 Å². The number of halogens is 2.